The van der Waals surface area contributed by atoms with Crippen LogP contribution in [0.2, 0.25) is 8.87 Å². The minimum absolute atomic E-state index is 0.0113. The van der Waals surface area contributed by atoms with Gasteiger partial charge in [-0.25, -0.2) is 0 Å². The molecule has 2 unspecified atom stereocenters. The summed E-state index contributed by atoms with van der Waals surface area (Å²) in [6.07, 6.45) is 16.2. The Morgan fingerprint density at radius 1 is 0.531 bits per heavy atom. The van der Waals surface area contributed by atoms with Gasteiger partial charge >= 0.3 is 300 Å². The zero-order chi connectivity index (χ0) is 37.0. The predicted octanol–water partition coefficient (Wildman–Crippen LogP) is 7.80. The smallest absolute Gasteiger partial charge is 0.0654 e. The summed E-state index contributed by atoms with van der Waals surface area (Å²) in [5.41, 5.74) is -3.79. The molecule has 0 aliphatic carbocycles. The molecular weight excluding hydrogens is 775 g/mol. The van der Waals surface area contributed by atoms with Crippen molar-refractivity contribution < 1.29 is 45.0 Å². The Hall–Kier alpha value is -0.701. The molecule has 0 aliphatic rings. The van der Waals surface area contributed by atoms with Crippen LogP contribution in [0, 0.1) is 0 Å². The molecule has 0 fully saturated rings. The quantitative estimate of drug-likeness (QED) is 0.0229. The maximum atomic E-state index is 13.9. The van der Waals surface area contributed by atoms with Crippen molar-refractivity contribution in [1.82, 2.24) is 0 Å². The van der Waals surface area contributed by atoms with E-state index in [9.17, 15) is 29.4 Å². The molecule has 10 nitrogen and oxygen atoms in total. The van der Waals surface area contributed by atoms with Crippen LogP contribution in [-0.4, -0.2) is 90.2 Å². The zero-order valence-electron chi connectivity index (χ0n) is 30.9. The van der Waals surface area contributed by atoms with Crippen LogP contribution in [0.1, 0.15) is 155 Å². The van der Waals surface area contributed by atoms with Gasteiger partial charge in [-0.05, 0) is 0 Å². The molecule has 0 aromatic rings. The maximum absolute atomic E-state index is 13.9. The summed E-state index contributed by atoms with van der Waals surface area (Å²) >= 11 is 3.36. The van der Waals surface area contributed by atoms with E-state index in [0.717, 1.165) is 51.4 Å². The van der Waals surface area contributed by atoms with Crippen molar-refractivity contribution in [3.63, 3.8) is 0 Å². The van der Waals surface area contributed by atoms with Crippen LogP contribution in [0.4, 0.5) is 0 Å². The van der Waals surface area contributed by atoms with E-state index in [1.165, 1.54) is 52.7 Å². The molecule has 0 radical (unpaired) electrons. The summed E-state index contributed by atoms with van der Waals surface area (Å²) in [6.45, 7) is 4.35. The minimum atomic E-state index is -5.20. The second-order valence-electron chi connectivity index (χ2n) is 13.3. The fourth-order valence-corrected chi connectivity index (χ4v) is 14.9. The molecule has 13 heteroatoms. The molecule has 0 aliphatic heterocycles. The van der Waals surface area contributed by atoms with Crippen LogP contribution in [0.3, 0.4) is 0 Å². The molecule has 2 atom stereocenters. The predicted molar refractivity (Wildman–Crippen MR) is 202 cm³/mol. The number of hydrogen-bond acceptors (Lipinski definition) is 12. The van der Waals surface area contributed by atoms with Crippen molar-refractivity contribution in [2.45, 2.75) is 175 Å². The van der Waals surface area contributed by atoms with E-state index in [1.54, 1.807) is 0 Å². The van der Waals surface area contributed by atoms with E-state index in [-0.39, 0.29) is 58.9 Å². The number of rotatable bonds is 32. The molecule has 2 N–H and O–H groups in total. The Morgan fingerprint density at radius 3 is 1.12 bits per heavy atom. The van der Waals surface area contributed by atoms with Crippen LogP contribution in [-0.2, 0) is 34.8 Å². The van der Waals surface area contributed by atoms with E-state index in [4.69, 9.17) is 15.6 Å². The monoisotopic (exact) mass is 844 g/mol. The topological polar surface area (TPSA) is 146 Å². The van der Waals surface area contributed by atoms with Crippen molar-refractivity contribution in [2.75, 3.05) is 25.7 Å². The third-order valence-electron chi connectivity index (χ3n) is 9.13. The number of esters is 2. The van der Waals surface area contributed by atoms with E-state index in [0.29, 0.717) is 12.8 Å². The van der Waals surface area contributed by atoms with Gasteiger partial charge in [0.1, 0.15) is 0 Å². The van der Waals surface area contributed by atoms with Gasteiger partial charge in [0.2, 0.25) is 0 Å². The molecule has 0 amide bonds. The van der Waals surface area contributed by atoms with Gasteiger partial charge in [-0.2, -0.15) is 0 Å². The van der Waals surface area contributed by atoms with Crippen LogP contribution >= 0.6 is 25.3 Å². The first-order valence-electron chi connectivity index (χ1n) is 18.7. The molecule has 0 spiro atoms. The van der Waals surface area contributed by atoms with Crippen LogP contribution in [0.5, 0.6) is 0 Å². The first-order valence-corrected chi connectivity index (χ1v) is 26.3. The summed E-state index contributed by atoms with van der Waals surface area (Å²) in [5, 5.41) is 23.2. The number of methoxy groups -OCH3 is 2. The summed E-state index contributed by atoms with van der Waals surface area (Å²) < 4.78 is 21.6. The van der Waals surface area contributed by atoms with Gasteiger partial charge in [0.25, 0.3) is 0 Å². The molecule has 0 aromatic carbocycles. The molecule has 0 aromatic heterocycles. The first kappa shape index (κ1) is 48.3. The fourth-order valence-electron chi connectivity index (χ4n) is 5.80. The fraction of sp³-hybridized carbons (Fsp3) is 0.889. The second-order valence-corrected chi connectivity index (χ2v) is 23.4. The van der Waals surface area contributed by atoms with E-state index in [2.05, 4.69) is 39.1 Å². The third-order valence-corrected chi connectivity index (χ3v) is 18.5. The number of aliphatic hydroxyl groups is 2. The van der Waals surface area contributed by atoms with Crippen LogP contribution in [0.25, 0.3) is 0 Å². The molecule has 0 bridgehead atoms. The van der Waals surface area contributed by atoms with Gasteiger partial charge in [-0.1, -0.05) is 13.8 Å². The van der Waals surface area contributed by atoms with Gasteiger partial charge in [0.15, 0.2) is 0 Å². The summed E-state index contributed by atoms with van der Waals surface area (Å²) in [4.78, 5) is 52.4. The van der Waals surface area contributed by atoms with Crippen LogP contribution in [0.15, 0.2) is 0 Å². The molecule has 0 saturated heterocycles. The molecule has 288 valence electrons. The Labute approximate surface area is 312 Å². The SMILES string of the molecule is CCCCCCCCCCC(O)(CCS)C(=O)[O][Sn]([CH2]CC(=O)OC)([CH2]CC(=O)OC)[O]C(=O)C(O)(CCS)CCCCCCCCCC. The van der Waals surface area contributed by atoms with Gasteiger partial charge in [0, 0.05) is 0 Å². The zero-order valence-corrected chi connectivity index (χ0v) is 35.6. The number of ether oxygens (including phenoxy) is 2. The number of carbonyl (C=O) groups excluding carboxylic acids is 4. The Morgan fingerprint density at radius 2 is 0.837 bits per heavy atom. The Balaban J connectivity index is 6.12. The number of hydrogen-bond donors (Lipinski definition) is 4. The van der Waals surface area contributed by atoms with Gasteiger partial charge in [-0.3, -0.25) is 0 Å². The number of thiol groups is 2. The standard InChI is InChI=1S/2C14H28O3S.2C4H7O2.Sn/c2*1-2-3-4-5-6-7-8-9-10-14(17,11-12-18)13(15)16;2*1-3-4(5)6-2;/h2*17-18H,2-12H2,1H3,(H,15,16);2*1,3H2,2H3;/q;;;;+2/p-2. The van der Waals surface area contributed by atoms with E-state index < -0.39 is 54.3 Å². The molecule has 0 heterocycles. The van der Waals surface area contributed by atoms with Gasteiger partial charge in [-0.15, -0.1) is 0 Å². The van der Waals surface area contributed by atoms with E-state index in [1.807, 2.05) is 0 Å². The summed E-state index contributed by atoms with van der Waals surface area (Å²) in [6, 6.07) is 0. The van der Waals surface area contributed by atoms with E-state index >= 15 is 0 Å². The van der Waals surface area contributed by atoms with Crippen molar-refractivity contribution >= 4 is 68.3 Å². The van der Waals surface area contributed by atoms with Crippen molar-refractivity contribution in [3.05, 3.63) is 0 Å². The molecule has 49 heavy (non-hydrogen) atoms. The van der Waals surface area contributed by atoms with Crippen molar-refractivity contribution in [2.24, 2.45) is 0 Å². The van der Waals surface area contributed by atoms with Crippen molar-refractivity contribution in [3.8, 4) is 0 Å². The number of unbranched alkanes of at least 4 members (excludes halogenated alkanes) is 14. The normalized spacial score (nSPS) is 14.0. The number of carbonyl (C=O) groups is 4. The summed E-state index contributed by atoms with van der Waals surface area (Å²) in [7, 11) is 2.44. The van der Waals surface area contributed by atoms with Crippen LogP contribution < -0.4 is 0 Å². The average Bonchev–Trinajstić information content (AvgIpc) is 3.08. The summed E-state index contributed by atoms with van der Waals surface area (Å²) in [5.74, 6) is -2.72. The third kappa shape index (κ3) is 21.4. The van der Waals surface area contributed by atoms with Gasteiger partial charge in [0.05, 0.1) is 0 Å². The van der Waals surface area contributed by atoms with Gasteiger partial charge < -0.3 is 0 Å². The second kappa shape index (κ2) is 28.8. The first-order chi connectivity index (χ1) is 23.4. The molecule has 0 rings (SSSR count). The Kier molecular flexibility index (Phi) is 28.4. The van der Waals surface area contributed by atoms with Crippen molar-refractivity contribution in [1.29, 1.82) is 0 Å². The molecular formula is C36H68O10S2Sn. The Bertz CT molecular complexity index is 852. The molecule has 0 saturated carbocycles. The minimum Gasteiger partial charge on any atom is -0.0654 e. The average molecular weight is 844 g/mol.